The van der Waals surface area contributed by atoms with Crippen LogP contribution in [0.25, 0.3) is 0 Å². The first-order chi connectivity index (χ1) is 9.03. The summed E-state index contributed by atoms with van der Waals surface area (Å²) >= 11 is 0. The standard InChI is InChI=1S/C17H27NO/c1-12-9-16(19-5)14(3)13(2)15(12)10-17(11-18-4)7-6-8-17/h9,18H,6-8,10-11H2,1-5H3. The predicted octanol–water partition coefficient (Wildman–Crippen LogP) is 3.55. The van der Waals surface area contributed by atoms with Crippen LogP contribution in [0.1, 0.15) is 41.5 Å². The number of nitrogens with one attached hydrogen (secondary N) is 1. The fourth-order valence-electron chi connectivity index (χ4n) is 3.43. The molecular formula is C17H27NO. The van der Waals surface area contributed by atoms with Crippen LogP contribution in [-0.4, -0.2) is 20.7 Å². The summed E-state index contributed by atoms with van der Waals surface area (Å²) in [6.45, 7) is 7.77. The van der Waals surface area contributed by atoms with Crippen molar-refractivity contribution in [3.05, 3.63) is 28.3 Å². The Hall–Kier alpha value is -1.02. The Bertz CT molecular complexity index is 461. The average Bonchev–Trinajstić information content (AvgIpc) is 2.35. The number of aryl methyl sites for hydroxylation is 1. The van der Waals surface area contributed by atoms with Crippen molar-refractivity contribution in [2.24, 2.45) is 5.41 Å². The molecule has 19 heavy (non-hydrogen) atoms. The minimum absolute atomic E-state index is 0.491. The van der Waals surface area contributed by atoms with Crippen LogP contribution in [-0.2, 0) is 6.42 Å². The van der Waals surface area contributed by atoms with Gasteiger partial charge in [-0.3, -0.25) is 0 Å². The van der Waals surface area contributed by atoms with E-state index in [1.807, 2.05) is 0 Å². The first-order valence-corrected chi connectivity index (χ1v) is 7.31. The molecule has 0 bridgehead atoms. The molecular weight excluding hydrogens is 234 g/mol. The third kappa shape index (κ3) is 2.64. The molecule has 1 aromatic rings. The molecule has 106 valence electrons. The van der Waals surface area contributed by atoms with Crippen molar-refractivity contribution in [2.75, 3.05) is 20.7 Å². The van der Waals surface area contributed by atoms with E-state index in [2.05, 4.69) is 39.2 Å². The molecule has 1 aromatic carbocycles. The van der Waals surface area contributed by atoms with Gasteiger partial charge in [-0.15, -0.1) is 0 Å². The number of methoxy groups -OCH3 is 1. The van der Waals surface area contributed by atoms with Crippen molar-refractivity contribution < 1.29 is 4.74 Å². The van der Waals surface area contributed by atoms with E-state index in [9.17, 15) is 0 Å². The van der Waals surface area contributed by atoms with E-state index in [-0.39, 0.29) is 0 Å². The van der Waals surface area contributed by atoms with Crippen LogP contribution in [0.15, 0.2) is 6.07 Å². The molecule has 1 fully saturated rings. The van der Waals surface area contributed by atoms with Gasteiger partial charge in [0.05, 0.1) is 7.11 Å². The van der Waals surface area contributed by atoms with Gasteiger partial charge in [0.2, 0.25) is 0 Å². The first-order valence-electron chi connectivity index (χ1n) is 7.31. The Kier molecular flexibility index (Phi) is 4.19. The van der Waals surface area contributed by atoms with Gasteiger partial charge in [-0.1, -0.05) is 6.42 Å². The van der Waals surface area contributed by atoms with Gasteiger partial charge in [0.15, 0.2) is 0 Å². The van der Waals surface area contributed by atoms with Crippen LogP contribution in [0.5, 0.6) is 5.75 Å². The number of rotatable bonds is 5. The largest absolute Gasteiger partial charge is 0.496 e. The monoisotopic (exact) mass is 261 g/mol. The summed E-state index contributed by atoms with van der Waals surface area (Å²) in [5, 5.41) is 3.38. The summed E-state index contributed by atoms with van der Waals surface area (Å²) in [5.41, 5.74) is 6.11. The van der Waals surface area contributed by atoms with E-state index < -0.39 is 0 Å². The van der Waals surface area contributed by atoms with E-state index in [4.69, 9.17) is 4.74 Å². The lowest BCUT2D eigenvalue weighted by molar-refractivity contribution is 0.133. The van der Waals surface area contributed by atoms with Crippen molar-refractivity contribution in [2.45, 2.75) is 46.5 Å². The zero-order valence-electron chi connectivity index (χ0n) is 13.0. The molecule has 1 N–H and O–H groups in total. The molecule has 2 heteroatoms. The molecule has 0 atom stereocenters. The van der Waals surface area contributed by atoms with Crippen LogP contribution in [0.2, 0.25) is 0 Å². The quantitative estimate of drug-likeness (QED) is 0.875. The first kappa shape index (κ1) is 14.4. The zero-order valence-corrected chi connectivity index (χ0v) is 13.0. The third-order valence-corrected chi connectivity index (χ3v) is 4.95. The van der Waals surface area contributed by atoms with Crippen molar-refractivity contribution in [1.82, 2.24) is 5.32 Å². The molecule has 2 nitrogen and oxygen atoms in total. The Labute approximate surface area is 117 Å². The molecule has 0 unspecified atom stereocenters. The number of hydrogen-bond donors (Lipinski definition) is 1. The molecule has 2 rings (SSSR count). The summed E-state index contributed by atoms with van der Waals surface area (Å²) in [5.74, 6) is 1.02. The fourth-order valence-corrected chi connectivity index (χ4v) is 3.43. The van der Waals surface area contributed by atoms with Crippen LogP contribution in [0.3, 0.4) is 0 Å². The highest BCUT2D eigenvalue weighted by atomic mass is 16.5. The smallest absolute Gasteiger partial charge is 0.122 e. The number of hydrogen-bond acceptors (Lipinski definition) is 2. The minimum atomic E-state index is 0.491. The molecule has 0 radical (unpaired) electrons. The maximum absolute atomic E-state index is 5.47. The summed E-state index contributed by atoms with van der Waals surface area (Å²) in [7, 11) is 3.83. The van der Waals surface area contributed by atoms with Gasteiger partial charge in [-0.2, -0.15) is 0 Å². The zero-order chi connectivity index (χ0) is 14.0. The van der Waals surface area contributed by atoms with E-state index in [1.165, 1.54) is 47.9 Å². The van der Waals surface area contributed by atoms with E-state index in [0.29, 0.717) is 5.41 Å². The van der Waals surface area contributed by atoms with Crippen LogP contribution >= 0.6 is 0 Å². The van der Waals surface area contributed by atoms with Gasteiger partial charge < -0.3 is 10.1 Å². The molecule has 0 aromatic heterocycles. The summed E-state index contributed by atoms with van der Waals surface area (Å²) in [6, 6.07) is 2.20. The maximum atomic E-state index is 5.47. The second kappa shape index (κ2) is 5.54. The lowest BCUT2D eigenvalue weighted by Crippen LogP contribution is -2.40. The molecule has 1 saturated carbocycles. The van der Waals surface area contributed by atoms with Crippen molar-refractivity contribution in [1.29, 1.82) is 0 Å². The molecule has 0 heterocycles. The molecule has 0 spiro atoms. The predicted molar refractivity (Wildman–Crippen MR) is 81.1 cm³/mol. The van der Waals surface area contributed by atoms with Crippen LogP contribution in [0, 0.1) is 26.2 Å². The lowest BCUT2D eigenvalue weighted by atomic mass is 9.64. The third-order valence-electron chi connectivity index (χ3n) is 4.95. The SMILES string of the molecule is CNCC1(Cc2c(C)cc(OC)c(C)c2C)CCC1. The summed E-state index contributed by atoms with van der Waals surface area (Å²) in [6.07, 6.45) is 5.31. The van der Waals surface area contributed by atoms with Crippen molar-refractivity contribution >= 4 is 0 Å². The second-order valence-corrected chi connectivity index (χ2v) is 6.18. The number of ether oxygens (including phenoxy) is 1. The normalized spacial score (nSPS) is 17.1. The van der Waals surface area contributed by atoms with E-state index in [0.717, 1.165) is 12.3 Å². The van der Waals surface area contributed by atoms with Gasteiger partial charge in [0.25, 0.3) is 0 Å². The Balaban J connectivity index is 2.32. The highest BCUT2D eigenvalue weighted by Gasteiger charge is 2.37. The maximum Gasteiger partial charge on any atom is 0.122 e. The van der Waals surface area contributed by atoms with Crippen molar-refractivity contribution in [3.63, 3.8) is 0 Å². The van der Waals surface area contributed by atoms with Gasteiger partial charge >= 0.3 is 0 Å². The Morgan fingerprint density at radius 3 is 2.37 bits per heavy atom. The molecule has 1 aliphatic rings. The topological polar surface area (TPSA) is 21.3 Å². The number of benzene rings is 1. The Morgan fingerprint density at radius 1 is 1.21 bits per heavy atom. The Morgan fingerprint density at radius 2 is 1.89 bits per heavy atom. The van der Waals surface area contributed by atoms with E-state index >= 15 is 0 Å². The molecule has 0 aliphatic heterocycles. The van der Waals surface area contributed by atoms with Gasteiger partial charge in [0.1, 0.15) is 5.75 Å². The fraction of sp³-hybridized carbons (Fsp3) is 0.647. The highest BCUT2D eigenvalue weighted by molar-refractivity contribution is 5.48. The molecule has 0 amide bonds. The molecule has 1 aliphatic carbocycles. The van der Waals surface area contributed by atoms with Gasteiger partial charge in [-0.05, 0) is 80.8 Å². The minimum Gasteiger partial charge on any atom is -0.496 e. The summed E-state index contributed by atoms with van der Waals surface area (Å²) in [4.78, 5) is 0. The van der Waals surface area contributed by atoms with E-state index in [1.54, 1.807) is 7.11 Å². The van der Waals surface area contributed by atoms with Gasteiger partial charge in [-0.25, -0.2) is 0 Å². The lowest BCUT2D eigenvalue weighted by Gasteiger charge is -2.43. The average molecular weight is 261 g/mol. The van der Waals surface area contributed by atoms with Gasteiger partial charge in [0, 0.05) is 6.54 Å². The van der Waals surface area contributed by atoms with Crippen LogP contribution < -0.4 is 10.1 Å². The van der Waals surface area contributed by atoms with Crippen LogP contribution in [0.4, 0.5) is 0 Å². The van der Waals surface area contributed by atoms with Crippen molar-refractivity contribution in [3.8, 4) is 5.75 Å². The summed E-state index contributed by atoms with van der Waals surface area (Å²) < 4.78 is 5.47. The highest BCUT2D eigenvalue weighted by Crippen LogP contribution is 2.44. The second-order valence-electron chi connectivity index (χ2n) is 6.18. The molecule has 0 saturated heterocycles.